The molecule has 2 bridgehead atoms. The number of nitrogens with zero attached hydrogens (tertiary/aromatic N) is 1. The Balaban J connectivity index is 1.79. The summed E-state index contributed by atoms with van der Waals surface area (Å²) in [6.45, 7) is 4.49. The number of likely N-dealkylation sites (tertiary alicyclic amines) is 1. The molecule has 3 nitrogen and oxygen atoms in total. The van der Waals surface area contributed by atoms with Crippen LogP contribution in [-0.4, -0.2) is 34.1 Å². The summed E-state index contributed by atoms with van der Waals surface area (Å²) in [5, 5.41) is 11.5. The van der Waals surface area contributed by atoms with Crippen molar-refractivity contribution in [2.75, 3.05) is 13.1 Å². The predicted molar refractivity (Wildman–Crippen MR) is 101 cm³/mol. The van der Waals surface area contributed by atoms with Gasteiger partial charge in [-0.1, -0.05) is 37.3 Å². The third-order valence-electron chi connectivity index (χ3n) is 6.43. The summed E-state index contributed by atoms with van der Waals surface area (Å²) in [5.74, 6) is 0.369. The van der Waals surface area contributed by atoms with E-state index in [1.807, 2.05) is 12.1 Å². The summed E-state index contributed by atoms with van der Waals surface area (Å²) < 4.78 is 0. The molecule has 1 aliphatic carbocycles. The second-order valence-electron chi connectivity index (χ2n) is 7.60. The Morgan fingerprint density at radius 2 is 2.08 bits per heavy atom. The van der Waals surface area contributed by atoms with Crippen molar-refractivity contribution in [2.24, 2.45) is 0 Å². The average molecular weight is 332 g/mol. The Labute approximate surface area is 148 Å². The maximum Gasteiger partial charge on any atom is 0.115 e. The lowest BCUT2D eigenvalue weighted by Gasteiger charge is -2.50. The average Bonchev–Trinajstić information content (AvgIpc) is 3.00. The molecular formula is C22H24N2O. The molecule has 128 valence electrons. The van der Waals surface area contributed by atoms with Crippen molar-refractivity contribution in [2.45, 2.75) is 37.6 Å². The molecular weight excluding hydrogens is 308 g/mol. The highest BCUT2D eigenvalue weighted by Crippen LogP contribution is 2.51. The molecule has 2 N–H and O–H groups in total. The van der Waals surface area contributed by atoms with Crippen LogP contribution < -0.4 is 0 Å². The van der Waals surface area contributed by atoms with Gasteiger partial charge in [0.15, 0.2) is 0 Å². The molecule has 2 heterocycles. The van der Waals surface area contributed by atoms with E-state index >= 15 is 0 Å². The van der Waals surface area contributed by atoms with Gasteiger partial charge in [0.2, 0.25) is 0 Å². The number of hydrogen-bond donors (Lipinski definition) is 2. The highest BCUT2D eigenvalue weighted by Gasteiger charge is 2.48. The smallest absolute Gasteiger partial charge is 0.115 e. The van der Waals surface area contributed by atoms with Gasteiger partial charge in [0.1, 0.15) is 5.75 Å². The Morgan fingerprint density at radius 3 is 2.92 bits per heavy atom. The molecule has 25 heavy (non-hydrogen) atoms. The minimum atomic E-state index is 0.00225. The molecule has 5 rings (SSSR count). The molecule has 3 heteroatoms. The summed E-state index contributed by atoms with van der Waals surface area (Å²) in [6.07, 6.45) is 3.34. The molecule has 0 spiro atoms. The summed E-state index contributed by atoms with van der Waals surface area (Å²) in [4.78, 5) is 6.33. The lowest BCUT2D eigenvalue weighted by atomic mass is 9.61. The first-order valence-corrected chi connectivity index (χ1v) is 9.35. The van der Waals surface area contributed by atoms with Crippen LogP contribution in [0.3, 0.4) is 0 Å². The zero-order valence-electron chi connectivity index (χ0n) is 14.6. The van der Waals surface area contributed by atoms with Gasteiger partial charge in [0.05, 0.1) is 0 Å². The number of likely N-dealkylation sites (N-methyl/N-ethyl adjacent to an activating group) is 1. The second kappa shape index (κ2) is 5.37. The first kappa shape index (κ1) is 15.0. The van der Waals surface area contributed by atoms with Crippen LogP contribution >= 0.6 is 0 Å². The molecule has 1 aromatic heterocycles. The largest absolute Gasteiger partial charge is 0.508 e. The normalized spacial score (nSPS) is 25.9. The quantitative estimate of drug-likeness (QED) is 0.738. The van der Waals surface area contributed by atoms with Crippen LogP contribution in [0.2, 0.25) is 0 Å². The molecule has 2 atom stereocenters. The van der Waals surface area contributed by atoms with Crippen LogP contribution in [0.25, 0.3) is 10.9 Å². The number of nitrogens with one attached hydrogen (secondary N) is 1. The number of rotatable bonds is 2. The Kier molecular flexibility index (Phi) is 3.23. The van der Waals surface area contributed by atoms with Crippen molar-refractivity contribution in [1.29, 1.82) is 0 Å². The molecule has 0 amide bonds. The van der Waals surface area contributed by atoms with E-state index in [-0.39, 0.29) is 5.41 Å². The number of hydrogen-bond acceptors (Lipinski definition) is 2. The summed E-state index contributed by atoms with van der Waals surface area (Å²) in [7, 11) is 0. The lowest BCUT2D eigenvalue weighted by Crippen LogP contribution is -2.53. The molecule has 0 unspecified atom stereocenters. The summed E-state index contributed by atoms with van der Waals surface area (Å²) >= 11 is 0. The van der Waals surface area contributed by atoms with Crippen LogP contribution in [0, 0.1) is 0 Å². The number of aromatic nitrogens is 1. The third-order valence-corrected chi connectivity index (χ3v) is 6.43. The van der Waals surface area contributed by atoms with E-state index in [0.29, 0.717) is 11.8 Å². The van der Waals surface area contributed by atoms with E-state index in [1.165, 1.54) is 27.7 Å². The van der Waals surface area contributed by atoms with Gasteiger partial charge in [-0.2, -0.15) is 0 Å². The monoisotopic (exact) mass is 332 g/mol. The lowest BCUT2D eigenvalue weighted by molar-refractivity contribution is 0.102. The van der Waals surface area contributed by atoms with Gasteiger partial charge in [-0.05, 0) is 55.3 Å². The zero-order chi connectivity index (χ0) is 17.0. The predicted octanol–water partition coefficient (Wildman–Crippen LogP) is 4.20. The van der Waals surface area contributed by atoms with Gasteiger partial charge in [0, 0.05) is 34.5 Å². The van der Waals surface area contributed by atoms with Gasteiger partial charge in [-0.25, -0.2) is 0 Å². The molecule has 3 aromatic rings. The minimum absolute atomic E-state index is 0.00225. The number of fused-ring (bicyclic) bond motifs is 6. The van der Waals surface area contributed by atoms with E-state index in [2.05, 4.69) is 47.1 Å². The highest BCUT2D eigenvalue weighted by atomic mass is 16.3. The standard InChI is InChI=1S/C22H24N2O/c1-2-24-11-10-22(15-6-5-7-17(25)12-15)14-16(24)13-20-21(22)18-8-3-4-9-19(18)23-20/h3-9,12,16,23,25H,2,10-11,13-14H2,1H3/t16-,22-/m1/s1. The van der Waals surface area contributed by atoms with Crippen LogP contribution in [0.4, 0.5) is 0 Å². The number of para-hydroxylation sites is 1. The van der Waals surface area contributed by atoms with Gasteiger partial charge in [-0.15, -0.1) is 0 Å². The first-order valence-electron chi connectivity index (χ1n) is 9.35. The van der Waals surface area contributed by atoms with Crippen molar-refractivity contribution < 1.29 is 5.11 Å². The first-order chi connectivity index (χ1) is 12.2. The van der Waals surface area contributed by atoms with Gasteiger partial charge in [-0.3, -0.25) is 0 Å². The Bertz CT molecular complexity index is 944. The van der Waals surface area contributed by atoms with E-state index in [0.717, 1.165) is 32.4 Å². The van der Waals surface area contributed by atoms with E-state index in [4.69, 9.17) is 0 Å². The Morgan fingerprint density at radius 1 is 1.20 bits per heavy atom. The highest BCUT2D eigenvalue weighted by molar-refractivity contribution is 5.87. The number of H-pyrrole nitrogens is 1. The fraction of sp³-hybridized carbons (Fsp3) is 0.364. The van der Waals surface area contributed by atoms with Gasteiger partial charge < -0.3 is 15.0 Å². The number of phenolic OH excluding ortho intramolecular Hbond substituents is 1. The zero-order valence-corrected chi connectivity index (χ0v) is 14.6. The maximum absolute atomic E-state index is 10.1. The van der Waals surface area contributed by atoms with Crippen LogP contribution in [0.15, 0.2) is 48.5 Å². The van der Waals surface area contributed by atoms with Gasteiger partial charge in [0.25, 0.3) is 0 Å². The topological polar surface area (TPSA) is 39.3 Å². The van der Waals surface area contributed by atoms with Crippen molar-refractivity contribution in [3.63, 3.8) is 0 Å². The molecule has 2 aromatic carbocycles. The van der Waals surface area contributed by atoms with Crippen LogP contribution in [0.1, 0.15) is 36.6 Å². The Hall–Kier alpha value is -2.26. The van der Waals surface area contributed by atoms with E-state index < -0.39 is 0 Å². The number of aromatic hydroxyl groups is 1. The SMILES string of the molecule is CCN1CC[C@]2(c3cccc(O)c3)C[C@H]1Cc1[nH]c3ccccc3c12. The van der Waals surface area contributed by atoms with E-state index in [9.17, 15) is 5.11 Å². The minimum Gasteiger partial charge on any atom is -0.508 e. The van der Waals surface area contributed by atoms with Crippen molar-refractivity contribution in [3.8, 4) is 5.75 Å². The molecule has 2 aliphatic rings. The van der Waals surface area contributed by atoms with Crippen molar-refractivity contribution in [1.82, 2.24) is 9.88 Å². The molecule has 1 aliphatic heterocycles. The maximum atomic E-state index is 10.1. The van der Waals surface area contributed by atoms with Crippen molar-refractivity contribution in [3.05, 3.63) is 65.4 Å². The van der Waals surface area contributed by atoms with Crippen LogP contribution in [0.5, 0.6) is 5.75 Å². The number of phenols is 1. The summed E-state index contributed by atoms with van der Waals surface area (Å²) in [6, 6.07) is 17.2. The number of aromatic amines is 1. The van der Waals surface area contributed by atoms with Crippen molar-refractivity contribution >= 4 is 10.9 Å². The molecule has 0 radical (unpaired) electrons. The fourth-order valence-electron chi connectivity index (χ4n) is 5.34. The molecule has 1 fully saturated rings. The number of benzene rings is 2. The van der Waals surface area contributed by atoms with Gasteiger partial charge >= 0.3 is 0 Å². The van der Waals surface area contributed by atoms with Crippen LogP contribution in [-0.2, 0) is 11.8 Å². The molecule has 0 saturated carbocycles. The third kappa shape index (κ3) is 2.09. The molecule has 1 saturated heterocycles. The summed E-state index contributed by atoms with van der Waals surface area (Å²) in [5.41, 5.74) is 5.36. The second-order valence-corrected chi connectivity index (χ2v) is 7.60. The fourth-order valence-corrected chi connectivity index (χ4v) is 5.34. The number of piperidine rings is 1. The van der Waals surface area contributed by atoms with E-state index in [1.54, 1.807) is 6.07 Å².